The van der Waals surface area contributed by atoms with Crippen molar-refractivity contribution in [3.05, 3.63) is 70.8 Å². The summed E-state index contributed by atoms with van der Waals surface area (Å²) in [7, 11) is 0. The molecule has 0 aliphatic rings. The molecule has 2 aromatic carbocycles. The van der Waals surface area contributed by atoms with Gasteiger partial charge in [-0.15, -0.1) is 0 Å². The zero-order valence-corrected chi connectivity index (χ0v) is 10.7. The second kappa shape index (κ2) is 5.91. The van der Waals surface area contributed by atoms with E-state index in [-0.39, 0.29) is 18.0 Å². The Bertz CT molecular complexity index is 532. The summed E-state index contributed by atoms with van der Waals surface area (Å²) in [4.78, 5) is 0. The third kappa shape index (κ3) is 3.16. The average Bonchev–Trinajstić information content (AvgIpc) is 2.40. The third-order valence-corrected chi connectivity index (χ3v) is 3.15. The standard InChI is InChI=1S/C15H16F2N2/c1-10-5-7-11(8-6-10)15(19-18)9-12-13(16)3-2-4-14(12)17/h2-8,15,19H,9,18H2,1H3. The fourth-order valence-electron chi connectivity index (χ4n) is 2.00. The van der Waals surface area contributed by atoms with Gasteiger partial charge in [-0.1, -0.05) is 35.9 Å². The normalized spacial score (nSPS) is 12.4. The van der Waals surface area contributed by atoms with Crippen molar-refractivity contribution < 1.29 is 8.78 Å². The molecule has 2 aromatic rings. The van der Waals surface area contributed by atoms with Crippen molar-refractivity contribution in [1.29, 1.82) is 0 Å². The van der Waals surface area contributed by atoms with Gasteiger partial charge in [0, 0.05) is 5.56 Å². The van der Waals surface area contributed by atoms with Crippen LogP contribution in [0.2, 0.25) is 0 Å². The van der Waals surface area contributed by atoms with E-state index in [2.05, 4.69) is 5.43 Å². The van der Waals surface area contributed by atoms with Crippen molar-refractivity contribution >= 4 is 0 Å². The highest BCUT2D eigenvalue weighted by Gasteiger charge is 2.16. The van der Waals surface area contributed by atoms with Crippen LogP contribution in [0.1, 0.15) is 22.7 Å². The van der Waals surface area contributed by atoms with Gasteiger partial charge < -0.3 is 0 Å². The molecule has 0 saturated carbocycles. The van der Waals surface area contributed by atoms with Crippen molar-refractivity contribution in [3.8, 4) is 0 Å². The molecule has 0 amide bonds. The van der Waals surface area contributed by atoms with E-state index in [1.54, 1.807) is 0 Å². The molecular formula is C15H16F2N2. The van der Waals surface area contributed by atoms with Crippen molar-refractivity contribution in [2.24, 2.45) is 5.84 Å². The third-order valence-electron chi connectivity index (χ3n) is 3.15. The van der Waals surface area contributed by atoms with Crippen molar-refractivity contribution in [1.82, 2.24) is 5.43 Å². The van der Waals surface area contributed by atoms with E-state index in [0.29, 0.717) is 0 Å². The monoisotopic (exact) mass is 262 g/mol. The maximum Gasteiger partial charge on any atom is 0.129 e. The largest absolute Gasteiger partial charge is 0.271 e. The lowest BCUT2D eigenvalue weighted by Gasteiger charge is -2.17. The van der Waals surface area contributed by atoms with E-state index in [1.807, 2.05) is 31.2 Å². The number of hydrogen-bond acceptors (Lipinski definition) is 2. The van der Waals surface area contributed by atoms with Gasteiger partial charge >= 0.3 is 0 Å². The van der Waals surface area contributed by atoms with Gasteiger partial charge in [-0.2, -0.15) is 0 Å². The maximum atomic E-state index is 13.6. The molecule has 0 aliphatic carbocycles. The number of hydrogen-bond donors (Lipinski definition) is 2. The molecule has 0 bridgehead atoms. The molecule has 0 spiro atoms. The quantitative estimate of drug-likeness (QED) is 0.656. The van der Waals surface area contributed by atoms with E-state index < -0.39 is 11.6 Å². The van der Waals surface area contributed by atoms with Gasteiger partial charge in [0.05, 0.1) is 6.04 Å². The number of halogens is 2. The van der Waals surface area contributed by atoms with E-state index >= 15 is 0 Å². The number of aryl methyl sites for hydroxylation is 1. The van der Waals surface area contributed by atoms with Gasteiger partial charge in [0.2, 0.25) is 0 Å². The number of nitrogens with two attached hydrogens (primary N) is 1. The smallest absolute Gasteiger partial charge is 0.129 e. The molecule has 2 rings (SSSR count). The molecule has 0 radical (unpaired) electrons. The van der Waals surface area contributed by atoms with Crippen molar-refractivity contribution in [2.75, 3.05) is 0 Å². The number of hydrazine groups is 1. The SMILES string of the molecule is Cc1ccc(C(Cc2c(F)cccc2F)NN)cc1. The fourth-order valence-corrected chi connectivity index (χ4v) is 2.00. The number of benzene rings is 2. The Kier molecular flexibility index (Phi) is 4.24. The predicted molar refractivity (Wildman–Crippen MR) is 71.3 cm³/mol. The van der Waals surface area contributed by atoms with Crippen molar-refractivity contribution in [3.63, 3.8) is 0 Å². The minimum atomic E-state index is -0.549. The zero-order valence-electron chi connectivity index (χ0n) is 10.7. The van der Waals surface area contributed by atoms with Crippen molar-refractivity contribution in [2.45, 2.75) is 19.4 Å². The van der Waals surface area contributed by atoms with Gasteiger partial charge in [0.15, 0.2) is 0 Å². The van der Waals surface area contributed by atoms with E-state index in [4.69, 9.17) is 5.84 Å². The maximum absolute atomic E-state index is 13.6. The molecule has 0 heterocycles. The molecule has 4 heteroatoms. The minimum absolute atomic E-state index is 0.0472. The molecule has 1 atom stereocenters. The van der Waals surface area contributed by atoms with Crippen LogP contribution in [0.15, 0.2) is 42.5 Å². The van der Waals surface area contributed by atoms with Crippen LogP contribution in [0.4, 0.5) is 8.78 Å². The molecule has 1 unspecified atom stereocenters. The Morgan fingerprint density at radius 2 is 1.63 bits per heavy atom. The summed E-state index contributed by atoms with van der Waals surface area (Å²) in [6, 6.07) is 11.2. The predicted octanol–water partition coefficient (Wildman–Crippen LogP) is 3.02. The highest BCUT2D eigenvalue weighted by Crippen LogP contribution is 2.22. The second-order valence-electron chi connectivity index (χ2n) is 4.53. The van der Waals surface area contributed by atoms with Gasteiger partial charge in [0.1, 0.15) is 11.6 Å². The Morgan fingerprint density at radius 1 is 1.05 bits per heavy atom. The first-order valence-electron chi connectivity index (χ1n) is 6.07. The summed E-state index contributed by atoms with van der Waals surface area (Å²) in [6.45, 7) is 1.98. The Morgan fingerprint density at radius 3 is 2.16 bits per heavy atom. The molecule has 2 nitrogen and oxygen atoms in total. The van der Waals surface area contributed by atoms with Crippen LogP contribution in [0.3, 0.4) is 0 Å². The molecule has 0 aliphatic heterocycles. The molecule has 0 fully saturated rings. The van der Waals surface area contributed by atoms with Crippen LogP contribution in [0.25, 0.3) is 0 Å². The molecule has 0 aromatic heterocycles. The Labute approximate surface area is 111 Å². The Hall–Kier alpha value is -1.78. The summed E-state index contributed by atoms with van der Waals surface area (Å²) >= 11 is 0. The van der Waals surface area contributed by atoms with Crippen LogP contribution in [-0.2, 0) is 6.42 Å². The Balaban J connectivity index is 2.26. The lowest BCUT2D eigenvalue weighted by Crippen LogP contribution is -2.30. The zero-order chi connectivity index (χ0) is 13.8. The topological polar surface area (TPSA) is 38.0 Å². The first-order chi connectivity index (χ1) is 9.11. The van der Waals surface area contributed by atoms with Gasteiger partial charge in [-0.05, 0) is 31.0 Å². The molecule has 100 valence electrons. The van der Waals surface area contributed by atoms with Crippen LogP contribution in [-0.4, -0.2) is 0 Å². The van der Waals surface area contributed by atoms with Gasteiger partial charge in [-0.25, -0.2) is 8.78 Å². The summed E-state index contributed by atoms with van der Waals surface area (Å²) in [5, 5.41) is 0. The summed E-state index contributed by atoms with van der Waals surface area (Å²) in [6.07, 6.45) is 0.165. The van der Waals surface area contributed by atoms with Crippen LogP contribution in [0, 0.1) is 18.6 Å². The fraction of sp³-hybridized carbons (Fsp3) is 0.200. The van der Waals surface area contributed by atoms with Gasteiger partial charge in [0.25, 0.3) is 0 Å². The number of nitrogens with one attached hydrogen (secondary N) is 1. The molecule has 19 heavy (non-hydrogen) atoms. The van der Waals surface area contributed by atoms with Crippen LogP contribution < -0.4 is 11.3 Å². The minimum Gasteiger partial charge on any atom is -0.271 e. The molecule has 3 N–H and O–H groups in total. The lowest BCUT2D eigenvalue weighted by molar-refractivity contribution is 0.500. The second-order valence-corrected chi connectivity index (χ2v) is 4.53. The summed E-state index contributed by atoms with van der Waals surface area (Å²) < 4.78 is 27.2. The lowest BCUT2D eigenvalue weighted by atomic mass is 9.98. The highest BCUT2D eigenvalue weighted by molar-refractivity contribution is 5.27. The number of rotatable bonds is 4. The summed E-state index contributed by atoms with van der Waals surface area (Å²) in [5.74, 6) is 4.40. The van der Waals surface area contributed by atoms with E-state index in [9.17, 15) is 8.78 Å². The van der Waals surface area contributed by atoms with Gasteiger partial charge in [-0.3, -0.25) is 11.3 Å². The first-order valence-corrected chi connectivity index (χ1v) is 6.07. The first kappa shape index (κ1) is 13.6. The average molecular weight is 262 g/mol. The van der Waals surface area contributed by atoms with Crippen LogP contribution >= 0.6 is 0 Å². The molecule has 0 saturated heterocycles. The van der Waals surface area contributed by atoms with E-state index in [1.165, 1.54) is 18.2 Å². The molecular weight excluding hydrogens is 246 g/mol. The van der Waals surface area contributed by atoms with Crippen LogP contribution in [0.5, 0.6) is 0 Å². The highest BCUT2D eigenvalue weighted by atomic mass is 19.1. The van der Waals surface area contributed by atoms with E-state index in [0.717, 1.165) is 11.1 Å². The summed E-state index contributed by atoms with van der Waals surface area (Å²) in [5.41, 5.74) is 4.68.